The smallest absolute Gasteiger partial charge is 0.417 e. The number of halogens is 4. The first kappa shape index (κ1) is 19.2. The molecule has 2 rings (SSSR count). The summed E-state index contributed by atoms with van der Waals surface area (Å²) < 4.78 is 43.4. The zero-order valence-electron chi connectivity index (χ0n) is 13.4. The number of rotatable bonds is 2. The molecule has 1 saturated heterocycles. The van der Waals surface area contributed by atoms with Crippen molar-refractivity contribution in [1.29, 1.82) is 0 Å². The Morgan fingerprint density at radius 3 is 2.36 bits per heavy atom. The van der Waals surface area contributed by atoms with Gasteiger partial charge in [-0.25, -0.2) is 9.59 Å². The molecule has 1 heterocycles. The fourth-order valence-corrected chi connectivity index (χ4v) is 2.55. The Labute approximate surface area is 147 Å². The highest BCUT2D eigenvalue weighted by Gasteiger charge is 2.33. The quantitative estimate of drug-likeness (QED) is 0.853. The number of nitrogens with one attached hydrogen (secondary N) is 1. The van der Waals surface area contributed by atoms with Crippen molar-refractivity contribution in [2.24, 2.45) is 0 Å². The minimum absolute atomic E-state index is 0.00505. The van der Waals surface area contributed by atoms with Gasteiger partial charge in [0.05, 0.1) is 17.2 Å². The van der Waals surface area contributed by atoms with Crippen LogP contribution in [0.1, 0.15) is 12.5 Å². The average molecular weight is 380 g/mol. The number of hydrogen-bond acceptors (Lipinski definition) is 3. The number of amides is 3. The third-order valence-electron chi connectivity index (χ3n) is 3.62. The maximum Gasteiger partial charge on any atom is 0.417 e. The van der Waals surface area contributed by atoms with Crippen LogP contribution in [0.15, 0.2) is 18.2 Å². The number of hydrogen-bond donors (Lipinski definition) is 1. The van der Waals surface area contributed by atoms with Gasteiger partial charge in [0.1, 0.15) is 0 Å². The third-order valence-corrected chi connectivity index (χ3v) is 3.95. The number of carbonyl (C=O) groups excluding carboxylic acids is 2. The molecular weight excluding hydrogens is 363 g/mol. The van der Waals surface area contributed by atoms with Crippen molar-refractivity contribution in [3.63, 3.8) is 0 Å². The van der Waals surface area contributed by atoms with Gasteiger partial charge < -0.3 is 19.9 Å². The highest BCUT2D eigenvalue weighted by atomic mass is 35.5. The maximum absolute atomic E-state index is 12.8. The van der Waals surface area contributed by atoms with Crippen LogP contribution in [0.4, 0.5) is 28.4 Å². The number of nitrogens with zero attached hydrogens (tertiary/aromatic N) is 2. The topological polar surface area (TPSA) is 61.9 Å². The van der Waals surface area contributed by atoms with E-state index in [0.29, 0.717) is 13.1 Å². The predicted molar refractivity (Wildman–Crippen MR) is 85.6 cm³/mol. The first-order valence-electron chi connectivity index (χ1n) is 7.56. The van der Waals surface area contributed by atoms with Crippen LogP contribution in [0.5, 0.6) is 0 Å². The Kier molecular flexibility index (Phi) is 5.99. The van der Waals surface area contributed by atoms with Gasteiger partial charge in [-0.3, -0.25) is 0 Å². The van der Waals surface area contributed by atoms with Crippen LogP contribution in [0, 0.1) is 0 Å². The largest absolute Gasteiger partial charge is 0.450 e. The summed E-state index contributed by atoms with van der Waals surface area (Å²) in [6.07, 6.45) is -5.06. The summed E-state index contributed by atoms with van der Waals surface area (Å²) in [6.45, 7) is 3.05. The Hall–Kier alpha value is -2.16. The molecule has 1 aromatic carbocycles. The van der Waals surface area contributed by atoms with E-state index in [1.807, 2.05) is 0 Å². The molecule has 1 aromatic rings. The van der Waals surface area contributed by atoms with Crippen molar-refractivity contribution in [2.45, 2.75) is 13.1 Å². The van der Waals surface area contributed by atoms with Crippen molar-refractivity contribution >= 4 is 29.4 Å². The monoisotopic (exact) mass is 379 g/mol. The first-order chi connectivity index (χ1) is 11.7. The lowest BCUT2D eigenvalue weighted by molar-refractivity contribution is -0.137. The lowest BCUT2D eigenvalue weighted by atomic mass is 10.2. The molecule has 1 N–H and O–H groups in total. The molecule has 0 aliphatic carbocycles. The van der Waals surface area contributed by atoms with Crippen LogP contribution >= 0.6 is 11.6 Å². The van der Waals surface area contributed by atoms with Crippen LogP contribution < -0.4 is 5.32 Å². The summed E-state index contributed by atoms with van der Waals surface area (Å²) in [5.41, 5.74) is -1.02. The van der Waals surface area contributed by atoms with E-state index in [2.05, 4.69) is 5.32 Å². The van der Waals surface area contributed by atoms with Crippen molar-refractivity contribution in [1.82, 2.24) is 9.80 Å². The van der Waals surface area contributed by atoms with Gasteiger partial charge in [-0.15, -0.1) is 0 Å². The van der Waals surface area contributed by atoms with Crippen molar-refractivity contribution < 1.29 is 27.5 Å². The maximum atomic E-state index is 12.8. The Bertz CT molecular complexity index is 647. The van der Waals surface area contributed by atoms with E-state index < -0.39 is 28.9 Å². The highest BCUT2D eigenvalue weighted by molar-refractivity contribution is 6.31. The van der Waals surface area contributed by atoms with E-state index >= 15 is 0 Å². The minimum Gasteiger partial charge on any atom is -0.450 e. The number of piperazine rings is 1. The second-order valence-corrected chi connectivity index (χ2v) is 5.70. The van der Waals surface area contributed by atoms with Gasteiger partial charge in [0.2, 0.25) is 0 Å². The molecule has 0 aromatic heterocycles. The summed E-state index contributed by atoms with van der Waals surface area (Å²) in [4.78, 5) is 26.7. The van der Waals surface area contributed by atoms with Crippen molar-refractivity contribution in [3.05, 3.63) is 28.8 Å². The summed E-state index contributed by atoms with van der Waals surface area (Å²) in [6, 6.07) is 2.62. The number of anilines is 1. The Morgan fingerprint density at radius 2 is 1.80 bits per heavy atom. The van der Waals surface area contributed by atoms with Crippen molar-refractivity contribution in [3.8, 4) is 0 Å². The van der Waals surface area contributed by atoms with E-state index in [1.54, 1.807) is 6.92 Å². The first-order valence-corrected chi connectivity index (χ1v) is 7.94. The van der Waals surface area contributed by atoms with Crippen LogP contribution in [0.3, 0.4) is 0 Å². The summed E-state index contributed by atoms with van der Waals surface area (Å²) >= 11 is 5.55. The summed E-state index contributed by atoms with van der Waals surface area (Å²) in [7, 11) is 0. The molecular formula is C15H17ClF3N3O3. The normalized spacial score (nSPS) is 15.1. The number of alkyl halides is 3. The molecule has 0 saturated carbocycles. The lowest BCUT2D eigenvalue weighted by Crippen LogP contribution is -2.51. The number of carbonyl (C=O) groups is 2. The Balaban J connectivity index is 1.96. The lowest BCUT2D eigenvalue weighted by Gasteiger charge is -2.34. The molecule has 0 radical (unpaired) electrons. The van der Waals surface area contributed by atoms with Gasteiger partial charge >= 0.3 is 18.3 Å². The van der Waals surface area contributed by atoms with E-state index in [0.717, 1.165) is 12.1 Å². The average Bonchev–Trinajstić information content (AvgIpc) is 2.56. The fraction of sp³-hybridized carbons (Fsp3) is 0.467. The standard InChI is InChI=1S/C15H17ClF3N3O3/c1-2-25-14(24)22-7-5-21(6-8-22)13(23)20-10-3-4-12(16)11(9-10)15(17,18)19/h3-4,9H,2,5-8H2,1H3,(H,20,23). The minimum atomic E-state index is -4.61. The molecule has 6 nitrogen and oxygen atoms in total. The summed E-state index contributed by atoms with van der Waals surface area (Å²) in [5, 5.41) is 1.98. The molecule has 0 spiro atoms. The zero-order valence-corrected chi connectivity index (χ0v) is 14.2. The number of ether oxygens (including phenoxy) is 1. The molecule has 0 bridgehead atoms. The Morgan fingerprint density at radius 1 is 1.20 bits per heavy atom. The molecule has 25 heavy (non-hydrogen) atoms. The van der Waals surface area contributed by atoms with E-state index in [4.69, 9.17) is 16.3 Å². The second kappa shape index (κ2) is 7.81. The molecule has 1 fully saturated rings. The van der Waals surface area contributed by atoms with Gasteiger partial charge in [-0.2, -0.15) is 13.2 Å². The SMILES string of the molecule is CCOC(=O)N1CCN(C(=O)Nc2ccc(Cl)c(C(F)(F)F)c2)CC1. The molecule has 0 atom stereocenters. The number of benzene rings is 1. The number of urea groups is 1. The molecule has 1 aliphatic rings. The van der Waals surface area contributed by atoms with E-state index in [1.165, 1.54) is 15.9 Å². The molecule has 10 heteroatoms. The van der Waals surface area contributed by atoms with Crippen LogP contribution in [0.25, 0.3) is 0 Å². The van der Waals surface area contributed by atoms with E-state index in [9.17, 15) is 22.8 Å². The van der Waals surface area contributed by atoms with Crippen LogP contribution in [-0.2, 0) is 10.9 Å². The van der Waals surface area contributed by atoms with Gasteiger partial charge in [0.25, 0.3) is 0 Å². The van der Waals surface area contributed by atoms with E-state index in [-0.39, 0.29) is 25.4 Å². The fourth-order valence-electron chi connectivity index (χ4n) is 2.33. The molecule has 0 unspecified atom stereocenters. The zero-order chi connectivity index (χ0) is 18.6. The van der Waals surface area contributed by atoms with Gasteiger partial charge in [0, 0.05) is 31.9 Å². The third kappa shape index (κ3) is 4.91. The molecule has 138 valence electrons. The van der Waals surface area contributed by atoms with Crippen LogP contribution in [0.2, 0.25) is 5.02 Å². The predicted octanol–water partition coefficient (Wildman–Crippen LogP) is 3.66. The molecule has 1 aliphatic heterocycles. The van der Waals surface area contributed by atoms with Gasteiger partial charge in [0.15, 0.2) is 0 Å². The van der Waals surface area contributed by atoms with Crippen molar-refractivity contribution in [2.75, 3.05) is 38.1 Å². The highest BCUT2D eigenvalue weighted by Crippen LogP contribution is 2.36. The second-order valence-electron chi connectivity index (χ2n) is 5.30. The summed E-state index contributed by atoms with van der Waals surface area (Å²) in [5.74, 6) is 0. The van der Waals surface area contributed by atoms with Gasteiger partial charge in [-0.1, -0.05) is 11.6 Å². The molecule has 3 amide bonds. The van der Waals surface area contributed by atoms with Gasteiger partial charge in [-0.05, 0) is 25.1 Å². The van der Waals surface area contributed by atoms with Crippen LogP contribution in [-0.4, -0.2) is 54.7 Å².